The van der Waals surface area contributed by atoms with Gasteiger partial charge in [-0.05, 0) is 31.5 Å². The van der Waals surface area contributed by atoms with E-state index in [9.17, 15) is 14.7 Å². The number of para-hydroxylation sites is 2. The molecule has 0 fully saturated rings. The number of hydrogen-bond donors (Lipinski definition) is 3. The van der Waals surface area contributed by atoms with Crippen molar-refractivity contribution >= 4 is 23.3 Å². The number of hydrogen-bond acceptors (Lipinski definition) is 3. The molecule has 2 atom stereocenters. The highest BCUT2D eigenvalue weighted by molar-refractivity contribution is 6.11. The SMILES string of the molecule is CCC(C)NC(=O)C1(O)c2ccccc2NC(=O)N1c1ccccc1. The molecule has 1 aliphatic heterocycles. The zero-order valence-corrected chi connectivity index (χ0v) is 14.2. The first-order chi connectivity index (χ1) is 12.0. The average molecular weight is 339 g/mol. The van der Waals surface area contributed by atoms with Crippen molar-refractivity contribution in [2.45, 2.75) is 32.0 Å². The molecule has 2 unspecified atom stereocenters. The molecule has 0 radical (unpaired) electrons. The normalized spacial score (nSPS) is 20.4. The molecule has 6 heteroatoms. The number of carbonyl (C=O) groups is 2. The lowest BCUT2D eigenvalue weighted by atomic mass is 9.94. The predicted octanol–water partition coefficient (Wildman–Crippen LogP) is 2.80. The number of nitrogens with zero attached hydrogens (tertiary/aromatic N) is 1. The fraction of sp³-hybridized carbons (Fsp3) is 0.263. The molecule has 3 amide bonds. The molecule has 0 aliphatic carbocycles. The van der Waals surface area contributed by atoms with Crippen molar-refractivity contribution < 1.29 is 14.7 Å². The van der Waals surface area contributed by atoms with E-state index >= 15 is 0 Å². The van der Waals surface area contributed by atoms with Gasteiger partial charge in [0.25, 0.3) is 11.6 Å². The van der Waals surface area contributed by atoms with Gasteiger partial charge in [-0.2, -0.15) is 0 Å². The molecular formula is C19H21N3O3. The summed E-state index contributed by atoms with van der Waals surface area (Å²) in [5, 5.41) is 17.0. The minimum atomic E-state index is -2.14. The van der Waals surface area contributed by atoms with Gasteiger partial charge < -0.3 is 15.7 Å². The van der Waals surface area contributed by atoms with Crippen LogP contribution in [-0.4, -0.2) is 23.1 Å². The van der Waals surface area contributed by atoms with E-state index in [1.165, 1.54) is 0 Å². The van der Waals surface area contributed by atoms with Crippen molar-refractivity contribution in [3.05, 3.63) is 60.2 Å². The smallest absolute Gasteiger partial charge is 0.329 e. The highest BCUT2D eigenvalue weighted by atomic mass is 16.3. The Labute approximate surface area is 146 Å². The standard InChI is InChI=1S/C19H21N3O3/c1-3-13(2)20-17(23)19(25)15-11-7-8-12-16(15)21-18(24)22(19)14-9-5-4-6-10-14/h4-13,25H,3H2,1-2H3,(H,20,23)(H,21,24). The lowest BCUT2D eigenvalue weighted by Crippen LogP contribution is -2.63. The number of urea groups is 1. The first-order valence-electron chi connectivity index (χ1n) is 8.27. The fourth-order valence-electron chi connectivity index (χ4n) is 2.87. The molecule has 1 heterocycles. The van der Waals surface area contributed by atoms with Gasteiger partial charge in [0.1, 0.15) is 0 Å². The van der Waals surface area contributed by atoms with Gasteiger partial charge in [0.2, 0.25) is 0 Å². The zero-order chi connectivity index (χ0) is 18.0. The first-order valence-corrected chi connectivity index (χ1v) is 8.27. The number of anilines is 2. The van der Waals surface area contributed by atoms with Crippen LogP contribution in [0.4, 0.5) is 16.2 Å². The van der Waals surface area contributed by atoms with Crippen molar-refractivity contribution in [2.24, 2.45) is 0 Å². The lowest BCUT2D eigenvalue weighted by molar-refractivity contribution is -0.140. The average Bonchev–Trinajstić information content (AvgIpc) is 2.62. The fourth-order valence-corrected chi connectivity index (χ4v) is 2.87. The van der Waals surface area contributed by atoms with Gasteiger partial charge in [0, 0.05) is 17.3 Å². The maximum absolute atomic E-state index is 13.0. The molecule has 3 rings (SSSR count). The number of fused-ring (bicyclic) bond motifs is 1. The third-order valence-electron chi connectivity index (χ3n) is 4.39. The third-order valence-corrected chi connectivity index (χ3v) is 4.39. The number of aliphatic hydroxyl groups is 1. The summed E-state index contributed by atoms with van der Waals surface area (Å²) in [6, 6.07) is 14.7. The van der Waals surface area contributed by atoms with Gasteiger partial charge >= 0.3 is 6.03 Å². The van der Waals surface area contributed by atoms with Crippen molar-refractivity contribution in [2.75, 3.05) is 10.2 Å². The number of rotatable bonds is 4. The maximum atomic E-state index is 13.0. The Hall–Kier alpha value is -2.86. The maximum Gasteiger partial charge on any atom is 0.329 e. The molecular weight excluding hydrogens is 318 g/mol. The van der Waals surface area contributed by atoms with Crippen molar-refractivity contribution in [3.63, 3.8) is 0 Å². The Morgan fingerprint density at radius 1 is 1.20 bits per heavy atom. The van der Waals surface area contributed by atoms with Crippen LogP contribution in [0, 0.1) is 0 Å². The molecule has 3 N–H and O–H groups in total. The topological polar surface area (TPSA) is 81.7 Å². The second-order valence-corrected chi connectivity index (χ2v) is 6.10. The second kappa shape index (κ2) is 6.57. The summed E-state index contributed by atoms with van der Waals surface area (Å²) in [6.07, 6.45) is 0.709. The lowest BCUT2D eigenvalue weighted by Gasteiger charge is -2.43. The van der Waals surface area contributed by atoms with E-state index in [-0.39, 0.29) is 6.04 Å². The molecule has 0 bridgehead atoms. The largest absolute Gasteiger partial charge is 0.359 e. The molecule has 6 nitrogen and oxygen atoms in total. The summed E-state index contributed by atoms with van der Waals surface area (Å²) in [6.45, 7) is 3.79. The van der Waals surface area contributed by atoms with Crippen LogP contribution in [0.5, 0.6) is 0 Å². The van der Waals surface area contributed by atoms with Crippen LogP contribution in [0.1, 0.15) is 25.8 Å². The first kappa shape index (κ1) is 17.0. The molecule has 0 spiro atoms. The van der Waals surface area contributed by atoms with Crippen LogP contribution in [0.3, 0.4) is 0 Å². The molecule has 130 valence electrons. The Balaban J connectivity index is 2.16. The van der Waals surface area contributed by atoms with Crippen LogP contribution >= 0.6 is 0 Å². The van der Waals surface area contributed by atoms with E-state index in [2.05, 4.69) is 10.6 Å². The minimum absolute atomic E-state index is 0.133. The molecule has 1 aliphatic rings. The number of amides is 3. The highest BCUT2D eigenvalue weighted by Gasteiger charge is 2.52. The van der Waals surface area contributed by atoms with Gasteiger partial charge in [-0.1, -0.05) is 43.3 Å². The number of carbonyl (C=O) groups excluding carboxylic acids is 2. The molecule has 0 saturated carbocycles. The number of benzene rings is 2. The third kappa shape index (κ3) is 2.85. The summed E-state index contributed by atoms with van der Waals surface area (Å²) in [5.74, 6) is -0.631. The van der Waals surface area contributed by atoms with Crippen LogP contribution in [0.15, 0.2) is 54.6 Å². The Morgan fingerprint density at radius 3 is 2.52 bits per heavy atom. The Bertz CT molecular complexity index is 794. The molecule has 2 aromatic rings. The van der Waals surface area contributed by atoms with E-state index in [1.54, 1.807) is 54.6 Å². The molecule has 25 heavy (non-hydrogen) atoms. The second-order valence-electron chi connectivity index (χ2n) is 6.10. The van der Waals surface area contributed by atoms with Gasteiger partial charge in [-0.25, -0.2) is 4.79 Å². The Kier molecular flexibility index (Phi) is 4.46. The molecule has 0 aromatic heterocycles. The van der Waals surface area contributed by atoms with Crippen LogP contribution in [0.2, 0.25) is 0 Å². The van der Waals surface area contributed by atoms with Crippen molar-refractivity contribution in [1.82, 2.24) is 5.32 Å². The van der Waals surface area contributed by atoms with Gasteiger partial charge in [0.05, 0.1) is 5.69 Å². The van der Waals surface area contributed by atoms with Gasteiger partial charge in [0.15, 0.2) is 0 Å². The van der Waals surface area contributed by atoms with Crippen molar-refractivity contribution in [3.8, 4) is 0 Å². The minimum Gasteiger partial charge on any atom is -0.359 e. The molecule has 0 saturated heterocycles. The van der Waals surface area contributed by atoms with Crippen molar-refractivity contribution in [1.29, 1.82) is 0 Å². The van der Waals surface area contributed by atoms with Crippen LogP contribution in [0.25, 0.3) is 0 Å². The van der Waals surface area contributed by atoms with E-state index in [4.69, 9.17) is 0 Å². The van der Waals surface area contributed by atoms with Crippen LogP contribution in [-0.2, 0) is 10.5 Å². The summed E-state index contributed by atoms with van der Waals surface area (Å²) in [7, 11) is 0. The van der Waals surface area contributed by atoms with Crippen LogP contribution < -0.4 is 15.5 Å². The van der Waals surface area contributed by atoms with Gasteiger partial charge in [-0.15, -0.1) is 0 Å². The predicted molar refractivity (Wildman–Crippen MR) is 96.2 cm³/mol. The molecule has 2 aromatic carbocycles. The van der Waals surface area contributed by atoms with E-state index < -0.39 is 17.7 Å². The number of nitrogens with one attached hydrogen (secondary N) is 2. The summed E-state index contributed by atoms with van der Waals surface area (Å²) < 4.78 is 0. The summed E-state index contributed by atoms with van der Waals surface area (Å²) in [4.78, 5) is 26.8. The van der Waals surface area contributed by atoms with E-state index in [0.29, 0.717) is 23.4 Å². The highest BCUT2D eigenvalue weighted by Crippen LogP contribution is 2.39. The summed E-state index contributed by atoms with van der Waals surface area (Å²) >= 11 is 0. The van der Waals surface area contributed by atoms with E-state index in [0.717, 1.165) is 4.90 Å². The summed E-state index contributed by atoms with van der Waals surface area (Å²) in [5.41, 5.74) is -0.957. The van der Waals surface area contributed by atoms with Gasteiger partial charge in [-0.3, -0.25) is 9.69 Å². The van der Waals surface area contributed by atoms with E-state index in [1.807, 2.05) is 13.8 Å². The Morgan fingerprint density at radius 2 is 1.84 bits per heavy atom. The monoisotopic (exact) mass is 339 g/mol. The quantitative estimate of drug-likeness (QED) is 0.801. The zero-order valence-electron chi connectivity index (χ0n) is 14.2.